The molecule has 24 heavy (non-hydrogen) atoms. The number of fused-ring (bicyclic) bond motifs is 1. The number of ketones is 1. The number of benzene rings is 2. The first-order chi connectivity index (χ1) is 11.3. The molecule has 1 aliphatic heterocycles. The second-order valence-electron chi connectivity index (χ2n) is 5.32. The van der Waals surface area contributed by atoms with Crippen molar-refractivity contribution in [2.24, 2.45) is 0 Å². The molecule has 0 aromatic heterocycles. The maximum Gasteiger partial charge on any atom is 0.292 e. The zero-order valence-electron chi connectivity index (χ0n) is 12.6. The third-order valence-electron chi connectivity index (χ3n) is 3.78. The summed E-state index contributed by atoms with van der Waals surface area (Å²) in [4.78, 5) is 23.0. The quantitative estimate of drug-likeness (QED) is 0.789. The minimum absolute atomic E-state index is 0.0654. The molecule has 0 aliphatic carbocycles. The molecule has 3 rings (SSSR count). The molecule has 0 saturated heterocycles. The maximum absolute atomic E-state index is 12.8. The Morgan fingerprint density at radius 2 is 1.75 bits per heavy atom. The Hall–Kier alpha value is -2.19. The second-order valence-corrected chi connectivity index (χ2v) is 8.21. The van der Waals surface area contributed by atoms with Gasteiger partial charge in [0.15, 0.2) is 0 Å². The fourth-order valence-electron chi connectivity index (χ4n) is 2.39. The third-order valence-corrected chi connectivity index (χ3v) is 6.09. The van der Waals surface area contributed by atoms with Crippen LogP contribution >= 0.6 is 15.9 Å². The summed E-state index contributed by atoms with van der Waals surface area (Å²) in [6.45, 7) is 0. The number of rotatable bonds is 3. The molecule has 1 aliphatic rings. The molecule has 6 nitrogen and oxygen atoms in total. The second kappa shape index (κ2) is 6.03. The van der Waals surface area contributed by atoms with Gasteiger partial charge in [-0.2, -0.15) is 0 Å². The van der Waals surface area contributed by atoms with Crippen LogP contribution in [-0.2, 0) is 26.0 Å². The van der Waals surface area contributed by atoms with E-state index in [0.717, 1.165) is 4.47 Å². The van der Waals surface area contributed by atoms with Crippen molar-refractivity contribution in [2.45, 2.75) is 11.3 Å². The zero-order chi connectivity index (χ0) is 17.5. The highest BCUT2D eigenvalue weighted by molar-refractivity contribution is 9.10. The summed E-state index contributed by atoms with van der Waals surface area (Å²) >= 11 is 3.31. The van der Waals surface area contributed by atoms with E-state index in [4.69, 9.17) is 0 Å². The normalized spacial score (nSPS) is 14.1. The highest BCUT2D eigenvalue weighted by atomic mass is 79.9. The Kier molecular flexibility index (Phi) is 4.18. The number of nitrogens with one attached hydrogen (secondary N) is 1. The Bertz CT molecular complexity index is 939. The topological polar surface area (TPSA) is 83.6 Å². The van der Waals surface area contributed by atoms with Crippen LogP contribution in [0.3, 0.4) is 0 Å². The third kappa shape index (κ3) is 2.94. The van der Waals surface area contributed by atoms with Gasteiger partial charge in [0.25, 0.3) is 15.9 Å². The van der Waals surface area contributed by atoms with E-state index in [1.807, 2.05) is 0 Å². The van der Waals surface area contributed by atoms with Crippen molar-refractivity contribution in [2.75, 3.05) is 16.7 Å². The summed E-state index contributed by atoms with van der Waals surface area (Å²) in [5.74, 6) is -1.26. The number of hydrogen-bond donors (Lipinski definition) is 1. The summed E-state index contributed by atoms with van der Waals surface area (Å²) in [6.07, 6.45) is -0.105. The van der Waals surface area contributed by atoms with Crippen molar-refractivity contribution >= 4 is 49.0 Å². The van der Waals surface area contributed by atoms with Gasteiger partial charge >= 0.3 is 0 Å². The van der Waals surface area contributed by atoms with E-state index in [-0.39, 0.29) is 11.3 Å². The fourth-order valence-corrected chi connectivity index (χ4v) is 3.90. The molecular weight excluding hydrogens is 396 g/mol. The molecule has 1 heterocycles. The van der Waals surface area contributed by atoms with Crippen LogP contribution in [0.1, 0.15) is 5.56 Å². The predicted molar refractivity (Wildman–Crippen MR) is 93.5 cm³/mol. The van der Waals surface area contributed by atoms with Crippen molar-refractivity contribution in [1.29, 1.82) is 0 Å². The standard InChI is InChI=1S/C16H13BrN2O4S/c1-19(12-4-2-11(17)3-5-12)24(22,23)13-6-7-14-10(8-13)9-15(20)16(21)18-14/h2-8H,9H2,1H3,(H,18,21). The monoisotopic (exact) mass is 408 g/mol. The molecule has 124 valence electrons. The Morgan fingerprint density at radius 3 is 2.42 bits per heavy atom. The van der Waals surface area contributed by atoms with Gasteiger partial charge in [-0.3, -0.25) is 13.9 Å². The van der Waals surface area contributed by atoms with Gasteiger partial charge in [0.05, 0.1) is 10.6 Å². The fraction of sp³-hybridized carbons (Fsp3) is 0.125. The van der Waals surface area contributed by atoms with Crippen LogP contribution in [0.4, 0.5) is 11.4 Å². The lowest BCUT2D eigenvalue weighted by atomic mass is 10.0. The van der Waals surface area contributed by atoms with Crippen LogP contribution < -0.4 is 9.62 Å². The molecule has 0 fully saturated rings. The van der Waals surface area contributed by atoms with Crippen molar-refractivity contribution in [3.8, 4) is 0 Å². The lowest BCUT2D eigenvalue weighted by Gasteiger charge is -2.21. The van der Waals surface area contributed by atoms with Gasteiger partial charge in [0.1, 0.15) is 0 Å². The number of anilines is 2. The van der Waals surface area contributed by atoms with Gasteiger partial charge in [-0.25, -0.2) is 8.42 Å². The average Bonchev–Trinajstić information content (AvgIpc) is 2.55. The molecule has 2 aromatic rings. The summed E-state index contributed by atoms with van der Waals surface area (Å²) in [5, 5.41) is 2.45. The van der Waals surface area contributed by atoms with Gasteiger partial charge in [0, 0.05) is 23.6 Å². The highest BCUT2D eigenvalue weighted by Crippen LogP contribution is 2.28. The lowest BCUT2D eigenvalue weighted by molar-refractivity contribution is -0.134. The minimum Gasteiger partial charge on any atom is -0.319 e. The van der Waals surface area contributed by atoms with Crippen molar-refractivity contribution in [3.05, 3.63) is 52.5 Å². The van der Waals surface area contributed by atoms with Gasteiger partial charge in [-0.1, -0.05) is 15.9 Å². The van der Waals surface area contributed by atoms with Crippen molar-refractivity contribution in [1.82, 2.24) is 0 Å². The van der Waals surface area contributed by atoms with Crippen LogP contribution in [0.15, 0.2) is 51.8 Å². The summed E-state index contributed by atoms with van der Waals surface area (Å²) in [5.41, 5.74) is 1.47. The Labute approximate surface area is 147 Å². The molecular formula is C16H13BrN2O4S. The number of hydrogen-bond acceptors (Lipinski definition) is 4. The molecule has 0 spiro atoms. The molecule has 2 aromatic carbocycles. The van der Waals surface area contributed by atoms with E-state index < -0.39 is 21.7 Å². The van der Waals surface area contributed by atoms with Gasteiger partial charge < -0.3 is 5.32 Å². The van der Waals surface area contributed by atoms with Gasteiger partial charge in [0.2, 0.25) is 5.78 Å². The molecule has 1 N–H and O–H groups in total. The number of halogens is 1. The highest BCUT2D eigenvalue weighted by Gasteiger charge is 2.27. The smallest absolute Gasteiger partial charge is 0.292 e. The average molecular weight is 409 g/mol. The van der Waals surface area contributed by atoms with Crippen molar-refractivity contribution < 1.29 is 18.0 Å². The maximum atomic E-state index is 12.8. The lowest BCUT2D eigenvalue weighted by Crippen LogP contribution is -2.31. The van der Waals surface area contributed by atoms with Gasteiger partial charge in [-0.05, 0) is 48.0 Å². The largest absolute Gasteiger partial charge is 0.319 e. The minimum atomic E-state index is -3.78. The van der Waals surface area contributed by atoms with Crippen LogP contribution in [-0.4, -0.2) is 27.2 Å². The Morgan fingerprint density at radius 1 is 1.08 bits per heavy atom. The van der Waals surface area contributed by atoms with Gasteiger partial charge in [-0.15, -0.1) is 0 Å². The predicted octanol–water partition coefficient (Wildman–Crippen LogP) is 2.34. The summed E-state index contributed by atoms with van der Waals surface area (Å²) in [7, 11) is -2.31. The van der Waals surface area contributed by atoms with E-state index in [2.05, 4.69) is 21.2 Å². The zero-order valence-corrected chi connectivity index (χ0v) is 15.0. The van der Waals surface area contributed by atoms with Crippen LogP contribution in [0.25, 0.3) is 0 Å². The summed E-state index contributed by atoms with van der Waals surface area (Å²) < 4.78 is 27.6. The molecule has 0 radical (unpaired) electrons. The molecule has 0 unspecified atom stereocenters. The molecule has 0 saturated carbocycles. The number of Topliss-reactive ketones (excluding diaryl/α,β-unsaturated/α-hetero) is 1. The number of amides is 1. The number of carbonyl (C=O) groups excluding carboxylic acids is 2. The van der Waals surface area contributed by atoms with Crippen LogP contribution in [0, 0.1) is 0 Å². The number of sulfonamides is 1. The SMILES string of the molecule is CN(c1ccc(Br)cc1)S(=O)(=O)c1ccc2c(c1)CC(=O)C(=O)N2. The molecule has 1 amide bonds. The molecule has 8 heteroatoms. The molecule has 0 bridgehead atoms. The first-order valence-electron chi connectivity index (χ1n) is 7.00. The van der Waals surface area contributed by atoms with Crippen LogP contribution in [0.5, 0.6) is 0 Å². The number of nitrogens with zero attached hydrogens (tertiary/aromatic N) is 1. The van der Waals surface area contributed by atoms with E-state index in [9.17, 15) is 18.0 Å². The van der Waals surface area contributed by atoms with E-state index >= 15 is 0 Å². The van der Waals surface area contributed by atoms with Crippen molar-refractivity contribution in [3.63, 3.8) is 0 Å². The van der Waals surface area contributed by atoms with Crippen LogP contribution in [0.2, 0.25) is 0 Å². The Balaban J connectivity index is 1.98. The first kappa shape index (κ1) is 16.7. The molecule has 0 atom stereocenters. The van der Waals surface area contributed by atoms with E-state index in [1.165, 1.54) is 29.6 Å². The van der Waals surface area contributed by atoms with E-state index in [1.54, 1.807) is 24.3 Å². The number of carbonyl (C=O) groups is 2. The first-order valence-corrected chi connectivity index (χ1v) is 9.24. The van der Waals surface area contributed by atoms with E-state index in [0.29, 0.717) is 16.9 Å². The summed E-state index contributed by atoms with van der Waals surface area (Å²) in [6, 6.07) is 11.2.